The molecule has 2 aromatic heterocycles. The Kier molecular flexibility index (Phi) is 5.36. The maximum absolute atomic E-state index is 12.7. The number of piperidine rings is 1. The topological polar surface area (TPSA) is 101 Å². The number of hydrogen-bond donors (Lipinski definition) is 1. The Balaban J connectivity index is 1.79. The quantitative estimate of drug-likeness (QED) is 0.789. The second-order valence-corrected chi connectivity index (χ2v) is 7.10. The standard InChI is InChI=1S/C17H19N3O5S/c1-25-16(23)11-4-6-19(7-5-11)14(21)13-9-18-17(24)20(15(13)22)10-12-3-2-8-26-12/h2-3,8-9,11H,4-7,10H2,1H3,(H,18,24). The zero-order chi connectivity index (χ0) is 18.7. The Hall–Kier alpha value is -2.68. The van der Waals surface area contributed by atoms with Gasteiger partial charge < -0.3 is 14.6 Å². The normalized spacial score (nSPS) is 15.0. The summed E-state index contributed by atoms with van der Waals surface area (Å²) in [7, 11) is 1.34. The van der Waals surface area contributed by atoms with Crippen LogP contribution in [0.15, 0.2) is 33.3 Å². The van der Waals surface area contributed by atoms with E-state index in [0.29, 0.717) is 25.9 Å². The van der Waals surface area contributed by atoms with E-state index in [9.17, 15) is 19.2 Å². The predicted octanol–water partition coefficient (Wildman–Crippen LogP) is 0.672. The van der Waals surface area contributed by atoms with Crippen LogP contribution in [-0.2, 0) is 16.1 Å². The van der Waals surface area contributed by atoms with E-state index in [-0.39, 0.29) is 24.0 Å². The second kappa shape index (κ2) is 7.69. The van der Waals surface area contributed by atoms with E-state index >= 15 is 0 Å². The molecular formula is C17H19N3O5S. The number of ether oxygens (including phenoxy) is 1. The number of rotatable bonds is 4. The van der Waals surface area contributed by atoms with E-state index in [2.05, 4.69) is 4.98 Å². The van der Waals surface area contributed by atoms with Gasteiger partial charge >= 0.3 is 11.7 Å². The molecule has 1 amide bonds. The van der Waals surface area contributed by atoms with Gasteiger partial charge in [0, 0.05) is 24.2 Å². The van der Waals surface area contributed by atoms with Crippen LogP contribution in [0.3, 0.4) is 0 Å². The molecule has 1 aliphatic rings. The number of aromatic amines is 1. The molecule has 0 bridgehead atoms. The van der Waals surface area contributed by atoms with Gasteiger partial charge in [0.2, 0.25) is 0 Å². The molecule has 3 rings (SSSR count). The fourth-order valence-electron chi connectivity index (χ4n) is 3.02. The van der Waals surface area contributed by atoms with Crippen LogP contribution in [0.1, 0.15) is 28.1 Å². The molecule has 1 N–H and O–H groups in total. The predicted molar refractivity (Wildman–Crippen MR) is 95.4 cm³/mol. The van der Waals surface area contributed by atoms with Crippen molar-refractivity contribution < 1.29 is 14.3 Å². The zero-order valence-electron chi connectivity index (χ0n) is 14.3. The third-order valence-electron chi connectivity index (χ3n) is 4.50. The average Bonchev–Trinajstić information content (AvgIpc) is 3.17. The molecule has 3 heterocycles. The van der Waals surface area contributed by atoms with Gasteiger partial charge in [0.25, 0.3) is 11.5 Å². The molecule has 1 aliphatic heterocycles. The van der Waals surface area contributed by atoms with Crippen LogP contribution in [0.4, 0.5) is 0 Å². The lowest BCUT2D eigenvalue weighted by Gasteiger charge is -2.30. The molecule has 0 aromatic carbocycles. The summed E-state index contributed by atoms with van der Waals surface area (Å²) in [5, 5.41) is 1.86. The Morgan fingerprint density at radius 2 is 2.04 bits per heavy atom. The maximum atomic E-state index is 12.7. The molecule has 138 valence electrons. The number of methoxy groups -OCH3 is 1. The molecule has 0 radical (unpaired) electrons. The smallest absolute Gasteiger partial charge is 0.328 e. The number of esters is 1. The molecular weight excluding hydrogens is 358 g/mol. The number of likely N-dealkylation sites (tertiary alicyclic amines) is 1. The number of nitrogens with zero attached hydrogens (tertiary/aromatic N) is 2. The molecule has 0 spiro atoms. The number of hydrogen-bond acceptors (Lipinski definition) is 6. The minimum Gasteiger partial charge on any atom is -0.469 e. The molecule has 8 nitrogen and oxygen atoms in total. The van der Waals surface area contributed by atoms with Crippen molar-refractivity contribution in [2.75, 3.05) is 20.2 Å². The Morgan fingerprint density at radius 3 is 2.65 bits per heavy atom. The van der Waals surface area contributed by atoms with Gasteiger partial charge in [-0.25, -0.2) is 4.79 Å². The Labute approximate surface area is 153 Å². The van der Waals surface area contributed by atoms with Crippen LogP contribution in [-0.4, -0.2) is 46.5 Å². The van der Waals surface area contributed by atoms with Crippen molar-refractivity contribution in [1.29, 1.82) is 0 Å². The molecule has 0 aliphatic carbocycles. The lowest BCUT2D eigenvalue weighted by molar-refractivity contribution is -0.146. The highest BCUT2D eigenvalue weighted by Gasteiger charge is 2.29. The number of nitrogens with one attached hydrogen (secondary N) is 1. The van der Waals surface area contributed by atoms with Gasteiger partial charge in [0.15, 0.2) is 0 Å². The second-order valence-electron chi connectivity index (χ2n) is 6.07. The number of thiophene rings is 1. The first-order chi connectivity index (χ1) is 12.5. The SMILES string of the molecule is COC(=O)C1CCN(C(=O)c2c[nH]c(=O)n(Cc3cccs3)c2=O)CC1. The number of aromatic nitrogens is 2. The summed E-state index contributed by atoms with van der Waals surface area (Å²) >= 11 is 1.43. The van der Waals surface area contributed by atoms with Gasteiger partial charge in [-0.15, -0.1) is 11.3 Å². The van der Waals surface area contributed by atoms with Crippen LogP contribution >= 0.6 is 11.3 Å². The van der Waals surface area contributed by atoms with Gasteiger partial charge in [-0.1, -0.05) is 6.07 Å². The minimum absolute atomic E-state index is 0.0716. The third-order valence-corrected chi connectivity index (χ3v) is 5.36. The fourth-order valence-corrected chi connectivity index (χ4v) is 3.71. The monoisotopic (exact) mass is 377 g/mol. The van der Waals surface area contributed by atoms with Gasteiger partial charge in [0.05, 0.1) is 19.6 Å². The van der Waals surface area contributed by atoms with E-state index in [1.54, 1.807) is 0 Å². The van der Waals surface area contributed by atoms with Crippen LogP contribution in [0, 0.1) is 5.92 Å². The van der Waals surface area contributed by atoms with E-state index in [1.807, 2.05) is 17.5 Å². The minimum atomic E-state index is -0.609. The number of amides is 1. The van der Waals surface area contributed by atoms with Crippen LogP contribution in [0.25, 0.3) is 0 Å². The first-order valence-corrected chi connectivity index (χ1v) is 9.11. The van der Waals surface area contributed by atoms with E-state index < -0.39 is 17.2 Å². The average molecular weight is 377 g/mol. The van der Waals surface area contributed by atoms with Crippen molar-refractivity contribution >= 4 is 23.2 Å². The molecule has 0 atom stereocenters. The largest absolute Gasteiger partial charge is 0.469 e. The summed E-state index contributed by atoms with van der Waals surface area (Å²) < 4.78 is 5.76. The van der Waals surface area contributed by atoms with E-state index in [4.69, 9.17) is 4.74 Å². The van der Waals surface area contributed by atoms with E-state index in [1.165, 1.54) is 29.5 Å². The molecule has 9 heteroatoms. The van der Waals surface area contributed by atoms with Crippen LogP contribution in [0.5, 0.6) is 0 Å². The number of carbonyl (C=O) groups is 2. The molecule has 0 saturated carbocycles. The highest BCUT2D eigenvalue weighted by atomic mass is 32.1. The lowest BCUT2D eigenvalue weighted by atomic mass is 9.96. The highest BCUT2D eigenvalue weighted by Crippen LogP contribution is 2.19. The first-order valence-electron chi connectivity index (χ1n) is 8.23. The van der Waals surface area contributed by atoms with Gasteiger partial charge in [-0.2, -0.15) is 0 Å². The lowest BCUT2D eigenvalue weighted by Crippen LogP contribution is -2.45. The molecule has 26 heavy (non-hydrogen) atoms. The molecule has 2 aromatic rings. The van der Waals surface area contributed by atoms with Crippen molar-refractivity contribution in [1.82, 2.24) is 14.5 Å². The highest BCUT2D eigenvalue weighted by molar-refractivity contribution is 7.09. The van der Waals surface area contributed by atoms with Crippen LogP contribution in [0.2, 0.25) is 0 Å². The molecule has 1 fully saturated rings. The molecule has 1 saturated heterocycles. The fraction of sp³-hybridized carbons (Fsp3) is 0.412. The molecule has 0 unspecified atom stereocenters. The zero-order valence-corrected chi connectivity index (χ0v) is 15.1. The van der Waals surface area contributed by atoms with Gasteiger partial charge in [-0.3, -0.25) is 19.0 Å². The van der Waals surface area contributed by atoms with Gasteiger partial charge in [0.1, 0.15) is 5.56 Å². The van der Waals surface area contributed by atoms with Crippen molar-refractivity contribution in [2.24, 2.45) is 5.92 Å². The summed E-state index contributed by atoms with van der Waals surface area (Å²) in [5.41, 5.74) is -1.23. The summed E-state index contributed by atoms with van der Waals surface area (Å²) in [6.07, 6.45) is 2.15. The number of carbonyl (C=O) groups excluding carboxylic acids is 2. The Bertz CT molecular complexity index is 907. The van der Waals surface area contributed by atoms with Crippen molar-refractivity contribution in [2.45, 2.75) is 19.4 Å². The summed E-state index contributed by atoms with van der Waals surface area (Å²) in [6, 6.07) is 3.66. The van der Waals surface area contributed by atoms with Crippen molar-refractivity contribution in [3.05, 3.63) is 55.0 Å². The first kappa shape index (κ1) is 18.1. The summed E-state index contributed by atoms with van der Waals surface area (Å²) in [6.45, 7) is 0.849. The van der Waals surface area contributed by atoms with Crippen LogP contribution < -0.4 is 11.2 Å². The van der Waals surface area contributed by atoms with Crippen molar-refractivity contribution in [3.8, 4) is 0 Å². The maximum Gasteiger partial charge on any atom is 0.328 e. The summed E-state index contributed by atoms with van der Waals surface area (Å²) in [4.78, 5) is 53.8. The number of H-pyrrole nitrogens is 1. The van der Waals surface area contributed by atoms with Gasteiger partial charge in [-0.05, 0) is 24.3 Å². The summed E-state index contributed by atoms with van der Waals surface area (Å²) in [5.74, 6) is -0.941. The Morgan fingerprint density at radius 1 is 1.31 bits per heavy atom. The van der Waals surface area contributed by atoms with Crippen molar-refractivity contribution in [3.63, 3.8) is 0 Å². The third kappa shape index (κ3) is 3.62. The van der Waals surface area contributed by atoms with E-state index in [0.717, 1.165) is 9.44 Å².